The Hall–Kier alpha value is -1.30. The second kappa shape index (κ2) is 4.12. The van der Waals surface area contributed by atoms with Gasteiger partial charge in [0.2, 0.25) is 0 Å². The maximum Gasteiger partial charge on any atom is 0.415 e. The fourth-order valence-corrected chi connectivity index (χ4v) is 2.11. The summed E-state index contributed by atoms with van der Waals surface area (Å²) in [4.78, 5) is 0. The van der Waals surface area contributed by atoms with E-state index in [1.165, 1.54) is 0 Å². The molecule has 0 aromatic heterocycles. The van der Waals surface area contributed by atoms with Gasteiger partial charge in [-0.25, -0.2) is 0 Å². The van der Waals surface area contributed by atoms with Crippen molar-refractivity contribution in [2.24, 2.45) is 10.2 Å². The first-order valence-corrected chi connectivity index (χ1v) is 6.10. The first kappa shape index (κ1) is 11.8. The Morgan fingerprint density at radius 1 is 1.17 bits per heavy atom. The minimum absolute atomic E-state index is 0.0761. The monoisotopic (exact) mass is 248 g/mol. The molecule has 96 valence electrons. The van der Waals surface area contributed by atoms with Crippen LogP contribution in [0.3, 0.4) is 0 Å². The molecule has 0 radical (unpaired) electrons. The Balaban J connectivity index is 1.80. The lowest BCUT2D eigenvalue weighted by molar-refractivity contribution is -0.420. The van der Waals surface area contributed by atoms with Gasteiger partial charge in [-0.2, -0.15) is 5.11 Å². The van der Waals surface area contributed by atoms with Crippen LogP contribution in [0.25, 0.3) is 0 Å². The van der Waals surface area contributed by atoms with Crippen molar-refractivity contribution in [3.05, 3.63) is 35.9 Å². The molecule has 5 heteroatoms. The van der Waals surface area contributed by atoms with E-state index in [-0.39, 0.29) is 6.10 Å². The van der Waals surface area contributed by atoms with Crippen LogP contribution in [0.15, 0.2) is 40.6 Å². The van der Waals surface area contributed by atoms with Crippen LogP contribution in [0.1, 0.15) is 31.9 Å². The summed E-state index contributed by atoms with van der Waals surface area (Å²) in [6.07, 6.45) is -0.652. The van der Waals surface area contributed by atoms with Crippen LogP contribution in [0.2, 0.25) is 0 Å². The summed E-state index contributed by atoms with van der Waals surface area (Å²) in [5.74, 6) is 0. The fraction of sp³-hybridized carbons (Fsp3) is 0.538. The van der Waals surface area contributed by atoms with Crippen LogP contribution in [0, 0.1) is 0 Å². The van der Waals surface area contributed by atoms with E-state index in [0.717, 1.165) is 12.0 Å². The summed E-state index contributed by atoms with van der Waals surface area (Å²) in [5.41, 5.74) is 0.405. The molecule has 18 heavy (non-hydrogen) atoms. The van der Waals surface area contributed by atoms with Crippen molar-refractivity contribution in [2.45, 2.75) is 38.2 Å². The standard InChI is InChI=1S/C13H16N2O3/c1-12(2)14-15-13(18-12)16-9-8-11(17-13)10-6-4-3-5-7-10/h3-7,11H,8-9H2,1-2H3. The zero-order chi connectivity index (χ0) is 12.6. The van der Waals surface area contributed by atoms with E-state index in [1.54, 1.807) is 0 Å². The molecule has 0 aliphatic carbocycles. The third-order valence-corrected chi connectivity index (χ3v) is 2.92. The summed E-state index contributed by atoms with van der Waals surface area (Å²) >= 11 is 0. The number of benzene rings is 1. The van der Waals surface area contributed by atoms with E-state index in [4.69, 9.17) is 14.2 Å². The van der Waals surface area contributed by atoms with E-state index in [0.29, 0.717) is 6.61 Å². The van der Waals surface area contributed by atoms with Crippen molar-refractivity contribution in [2.75, 3.05) is 6.61 Å². The van der Waals surface area contributed by atoms with Gasteiger partial charge in [0.15, 0.2) is 5.72 Å². The molecule has 2 heterocycles. The topological polar surface area (TPSA) is 52.4 Å². The van der Waals surface area contributed by atoms with Crippen molar-refractivity contribution in [3.63, 3.8) is 0 Å². The maximum atomic E-state index is 5.85. The van der Waals surface area contributed by atoms with Gasteiger partial charge < -0.3 is 4.74 Å². The molecule has 1 spiro atoms. The highest BCUT2D eigenvalue weighted by molar-refractivity contribution is 5.17. The molecule has 3 rings (SSSR count). The van der Waals surface area contributed by atoms with Crippen molar-refractivity contribution < 1.29 is 14.2 Å². The van der Waals surface area contributed by atoms with Crippen molar-refractivity contribution >= 4 is 0 Å². The zero-order valence-electron chi connectivity index (χ0n) is 10.5. The van der Waals surface area contributed by atoms with E-state index in [2.05, 4.69) is 10.2 Å². The largest absolute Gasteiger partial charge is 0.415 e. The Kier molecular flexibility index (Phi) is 2.69. The molecule has 0 bridgehead atoms. The smallest absolute Gasteiger partial charge is 0.306 e. The minimum Gasteiger partial charge on any atom is -0.306 e. The number of hydrogen-bond donors (Lipinski definition) is 0. The molecule has 0 saturated carbocycles. The van der Waals surface area contributed by atoms with E-state index >= 15 is 0 Å². The summed E-state index contributed by atoms with van der Waals surface area (Å²) in [7, 11) is 0. The van der Waals surface area contributed by atoms with Crippen molar-refractivity contribution in [1.29, 1.82) is 0 Å². The molecule has 0 amide bonds. The third-order valence-electron chi connectivity index (χ3n) is 2.92. The second-order valence-corrected chi connectivity index (χ2v) is 4.93. The molecule has 1 saturated heterocycles. The highest BCUT2D eigenvalue weighted by Gasteiger charge is 2.50. The molecule has 2 aliphatic heterocycles. The Morgan fingerprint density at radius 3 is 2.61 bits per heavy atom. The van der Waals surface area contributed by atoms with Gasteiger partial charge in [0, 0.05) is 6.42 Å². The SMILES string of the molecule is CC1(C)N=NC2(OCCC(c3ccccc3)O2)O1. The maximum absolute atomic E-state index is 5.85. The molecule has 0 N–H and O–H groups in total. The molecule has 2 aliphatic rings. The molecule has 2 unspecified atom stereocenters. The van der Waals surface area contributed by atoms with Gasteiger partial charge in [-0.05, 0) is 19.4 Å². The average molecular weight is 248 g/mol. The summed E-state index contributed by atoms with van der Waals surface area (Å²) in [6, 6.07) is 10.0. The van der Waals surface area contributed by atoms with Gasteiger partial charge in [-0.1, -0.05) is 35.4 Å². The van der Waals surface area contributed by atoms with Crippen LogP contribution >= 0.6 is 0 Å². The second-order valence-electron chi connectivity index (χ2n) is 4.93. The Morgan fingerprint density at radius 2 is 1.94 bits per heavy atom. The Bertz CT molecular complexity index is 461. The molecule has 1 fully saturated rings. The lowest BCUT2D eigenvalue weighted by atomic mass is 10.1. The predicted octanol–water partition coefficient (Wildman–Crippen LogP) is 2.99. The first-order valence-electron chi connectivity index (χ1n) is 6.10. The van der Waals surface area contributed by atoms with E-state index in [1.807, 2.05) is 44.2 Å². The van der Waals surface area contributed by atoms with Gasteiger partial charge in [-0.15, -0.1) is 0 Å². The number of azo groups is 1. The van der Waals surface area contributed by atoms with Crippen LogP contribution in [0.5, 0.6) is 0 Å². The van der Waals surface area contributed by atoms with E-state index < -0.39 is 11.8 Å². The van der Waals surface area contributed by atoms with Crippen LogP contribution in [-0.2, 0) is 14.2 Å². The minimum atomic E-state index is -1.36. The molecule has 1 aromatic rings. The lowest BCUT2D eigenvalue weighted by Gasteiger charge is -2.35. The molecular weight excluding hydrogens is 232 g/mol. The number of nitrogens with zero attached hydrogens (tertiary/aromatic N) is 2. The molecule has 2 atom stereocenters. The van der Waals surface area contributed by atoms with Gasteiger partial charge >= 0.3 is 6.10 Å². The predicted molar refractivity (Wildman–Crippen MR) is 63.6 cm³/mol. The van der Waals surface area contributed by atoms with Crippen molar-refractivity contribution in [1.82, 2.24) is 0 Å². The van der Waals surface area contributed by atoms with Crippen LogP contribution in [0.4, 0.5) is 0 Å². The average Bonchev–Trinajstić information content (AvgIpc) is 2.66. The lowest BCUT2D eigenvalue weighted by Crippen LogP contribution is -2.43. The quantitative estimate of drug-likeness (QED) is 0.767. The van der Waals surface area contributed by atoms with Crippen molar-refractivity contribution in [3.8, 4) is 0 Å². The van der Waals surface area contributed by atoms with Gasteiger partial charge in [0.05, 0.1) is 12.7 Å². The van der Waals surface area contributed by atoms with Crippen LogP contribution < -0.4 is 0 Å². The highest BCUT2D eigenvalue weighted by Crippen LogP contribution is 2.41. The summed E-state index contributed by atoms with van der Waals surface area (Å²) in [6.45, 7) is 4.18. The highest BCUT2D eigenvalue weighted by atomic mass is 16.9. The van der Waals surface area contributed by atoms with Gasteiger partial charge in [0.1, 0.15) is 0 Å². The number of ether oxygens (including phenoxy) is 3. The van der Waals surface area contributed by atoms with Gasteiger partial charge in [0.25, 0.3) is 0 Å². The van der Waals surface area contributed by atoms with E-state index in [9.17, 15) is 0 Å². The van der Waals surface area contributed by atoms with Crippen LogP contribution in [-0.4, -0.2) is 18.4 Å². The summed E-state index contributed by atoms with van der Waals surface area (Å²) < 4.78 is 17.0. The molecule has 5 nitrogen and oxygen atoms in total. The molecular formula is C13H16N2O3. The fourth-order valence-electron chi connectivity index (χ4n) is 2.11. The number of hydrogen-bond acceptors (Lipinski definition) is 5. The molecule has 1 aromatic carbocycles. The zero-order valence-corrected chi connectivity index (χ0v) is 10.5. The normalized spacial score (nSPS) is 34.0. The third kappa shape index (κ3) is 2.16. The van der Waals surface area contributed by atoms with Gasteiger partial charge in [-0.3, -0.25) is 9.47 Å². The Labute approximate surface area is 106 Å². The first-order chi connectivity index (χ1) is 8.59. The summed E-state index contributed by atoms with van der Waals surface area (Å²) in [5, 5.41) is 8.04. The number of rotatable bonds is 1.